The van der Waals surface area contributed by atoms with Crippen LogP contribution < -0.4 is 15.4 Å². The Bertz CT molecular complexity index is 1520. The number of rotatable bonds is 8. The van der Waals surface area contributed by atoms with Gasteiger partial charge in [0, 0.05) is 29.8 Å². The molecular formula is C30H30FN5O4. The first-order valence-corrected chi connectivity index (χ1v) is 13.4. The van der Waals surface area contributed by atoms with Crippen molar-refractivity contribution in [2.45, 2.75) is 44.2 Å². The largest absolute Gasteiger partial charge is 0.485 e. The number of nitrogen functional groups attached to an aromatic ring is 1. The minimum Gasteiger partial charge on any atom is -0.485 e. The van der Waals surface area contributed by atoms with Gasteiger partial charge in [-0.05, 0) is 67.0 Å². The highest BCUT2D eigenvalue weighted by molar-refractivity contribution is 6.09. The summed E-state index contributed by atoms with van der Waals surface area (Å²) in [5, 5.41) is 10.5. The molecule has 3 N–H and O–H groups in total. The monoisotopic (exact) mass is 543 g/mol. The molecule has 1 atom stereocenters. The Kier molecular flexibility index (Phi) is 6.71. The Morgan fingerprint density at radius 3 is 2.70 bits per heavy atom. The molecule has 3 aromatic rings. The second kappa shape index (κ2) is 10.3. The molecule has 206 valence electrons. The molecule has 2 fully saturated rings. The van der Waals surface area contributed by atoms with Gasteiger partial charge in [-0.3, -0.25) is 9.59 Å². The Balaban J connectivity index is 1.34. The summed E-state index contributed by atoms with van der Waals surface area (Å²) in [6.07, 6.45) is 6.21. The summed E-state index contributed by atoms with van der Waals surface area (Å²) >= 11 is 0. The first-order valence-electron chi connectivity index (χ1n) is 13.4. The van der Waals surface area contributed by atoms with E-state index in [1.165, 1.54) is 47.8 Å². The minimum atomic E-state index is -0.602. The fourth-order valence-corrected chi connectivity index (χ4v) is 5.57. The van der Waals surface area contributed by atoms with Crippen molar-refractivity contribution in [3.63, 3.8) is 0 Å². The molecule has 6 rings (SSSR count). The number of aliphatic hydroxyl groups is 1. The second-order valence-electron chi connectivity index (χ2n) is 10.4. The van der Waals surface area contributed by atoms with Gasteiger partial charge in [-0.25, -0.2) is 14.4 Å². The van der Waals surface area contributed by atoms with Crippen molar-refractivity contribution in [2.75, 3.05) is 30.3 Å². The van der Waals surface area contributed by atoms with Gasteiger partial charge in [-0.1, -0.05) is 18.7 Å². The predicted octanol–water partition coefficient (Wildman–Crippen LogP) is 3.60. The average molecular weight is 544 g/mol. The third-order valence-electron chi connectivity index (χ3n) is 8.01. The number of amides is 2. The number of nitrogens with two attached hydrogens (primary N) is 1. The van der Waals surface area contributed by atoms with Crippen LogP contribution >= 0.6 is 0 Å². The quantitative estimate of drug-likeness (QED) is 0.416. The molecule has 0 unspecified atom stereocenters. The zero-order valence-corrected chi connectivity index (χ0v) is 22.0. The molecule has 2 amide bonds. The van der Waals surface area contributed by atoms with E-state index in [1.807, 2.05) is 12.1 Å². The topological polar surface area (TPSA) is 122 Å². The van der Waals surface area contributed by atoms with E-state index in [2.05, 4.69) is 22.6 Å². The molecule has 3 aliphatic rings. The maximum atomic E-state index is 15.2. The van der Waals surface area contributed by atoms with Gasteiger partial charge in [0.1, 0.15) is 24.4 Å². The van der Waals surface area contributed by atoms with Crippen molar-refractivity contribution in [1.82, 2.24) is 14.9 Å². The molecule has 0 radical (unpaired) electrons. The number of aromatic nitrogens is 2. The van der Waals surface area contributed by atoms with Crippen molar-refractivity contribution in [1.29, 1.82) is 0 Å². The lowest BCUT2D eigenvalue weighted by Crippen LogP contribution is -2.53. The van der Waals surface area contributed by atoms with E-state index in [-0.39, 0.29) is 53.0 Å². The SMILES string of the molecule is C=CC(=O)N1CC[C@H]1COc1c(N)ncnc1-c1cc(F)cc(N2CCc3cc(C4CC4)ccc3C2=O)c1CO. The lowest BCUT2D eigenvalue weighted by atomic mass is 9.93. The van der Waals surface area contributed by atoms with Crippen LogP contribution in [0.2, 0.25) is 0 Å². The Labute approximate surface area is 231 Å². The van der Waals surface area contributed by atoms with Crippen molar-refractivity contribution in [2.24, 2.45) is 0 Å². The van der Waals surface area contributed by atoms with Crippen molar-refractivity contribution >= 4 is 23.3 Å². The predicted molar refractivity (Wildman–Crippen MR) is 147 cm³/mol. The van der Waals surface area contributed by atoms with Crippen molar-refractivity contribution in [3.8, 4) is 17.0 Å². The van der Waals surface area contributed by atoms with Crippen LogP contribution in [0.4, 0.5) is 15.9 Å². The van der Waals surface area contributed by atoms with Crippen LogP contribution in [0.5, 0.6) is 5.75 Å². The minimum absolute atomic E-state index is 0.0371. The van der Waals surface area contributed by atoms with Gasteiger partial charge in [0.2, 0.25) is 5.91 Å². The molecule has 0 bridgehead atoms. The van der Waals surface area contributed by atoms with E-state index in [0.29, 0.717) is 36.6 Å². The number of aliphatic hydroxyl groups excluding tert-OH is 1. The van der Waals surface area contributed by atoms with Crippen LogP contribution in [-0.2, 0) is 17.8 Å². The van der Waals surface area contributed by atoms with Gasteiger partial charge in [0.15, 0.2) is 11.6 Å². The normalized spacial score (nSPS) is 18.2. The highest BCUT2D eigenvalue weighted by Gasteiger charge is 2.33. The highest BCUT2D eigenvalue weighted by atomic mass is 19.1. The average Bonchev–Trinajstić information content (AvgIpc) is 3.78. The number of hydrogen-bond donors (Lipinski definition) is 2. The van der Waals surface area contributed by atoms with Crippen molar-refractivity contribution < 1.29 is 23.8 Å². The smallest absolute Gasteiger partial charge is 0.258 e. The van der Waals surface area contributed by atoms with Gasteiger partial charge in [0.25, 0.3) is 5.91 Å². The molecule has 9 nitrogen and oxygen atoms in total. The molecular weight excluding hydrogens is 513 g/mol. The van der Waals surface area contributed by atoms with Crippen molar-refractivity contribution in [3.05, 3.63) is 77.4 Å². The van der Waals surface area contributed by atoms with E-state index in [9.17, 15) is 14.7 Å². The fourth-order valence-electron chi connectivity index (χ4n) is 5.57. The number of fused-ring (bicyclic) bond motifs is 1. The molecule has 2 aromatic carbocycles. The lowest BCUT2D eigenvalue weighted by molar-refractivity contribution is -0.134. The standard InChI is InChI=1S/C30H30FN5O4/c1-2-26(38)35-10-8-21(35)15-40-28-27(33-16-34-29(28)32)23-12-20(31)13-25(24(23)14-37)36-9-7-19-11-18(17-3-4-17)5-6-22(19)30(36)39/h2,5-6,11-13,16-17,21,37H,1,3-4,7-10,14-15H2,(H2,32,33,34)/t21-/m0/s1. The zero-order valence-electron chi connectivity index (χ0n) is 22.0. The highest BCUT2D eigenvalue weighted by Crippen LogP contribution is 2.42. The van der Waals surface area contributed by atoms with Crippen LogP contribution in [-0.4, -0.2) is 57.5 Å². The summed E-state index contributed by atoms with van der Waals surface area (Å²) in [5.41, 5.74) is 10.0. The summed E-state index contributed by atoms with van der Waals surface area (Å²) in [5.74, 6) is -0.298. The van der Waals surface area contributed by atoms with E-state index >= 15 is 4.39 Å². The lowest BCUT2D eigenvalue weighted by Gasteiger charge is -2.40. The van der Waals surface area contributed by atoms with Gasteiger partial charge in [0.05, 0.1) is 18.3 Å². The fraction of sp³-hybridized carbons (Fsp3) is 0.333. The molecule has 40 heavy (non-hydrogen) atoms. The summed E-state index contributed by atoms with van der Waals surface area (Å²) < 4.78 is 21.2. The molecule has 1 aromatic heterocycles. The number of carbonyl (C=O) groups excluding carboxylic acids is 2. The Morgan fingerprint density at radius 1 is 1.18 bits per heavy atom. The first kappa shape index (κ1) is 25.9. The maximum Gasteiger partial charge on any atom is 0.258 e. The summed E-state index contributed by atoms with van der Waals surface area (Å²) in [6.45, 7) is 4.13. The molecule has 10 heteroatoms. The van der Waals surface area contributed by atoms with Gasteiger partial charge in [-0.2, -0.15) is 0 Å². The third kappa shape index (κ3) is 4.58. The Morgan fingerprint density at radius 2 is 2.00 bits per heavy atom. The van der Waals surface area contributed by atoms with Gasteiger partial charge < -0.3 is 25.4 Å². The summed E-state index contributed by atoms with van der Waals surface area (Å²) in [7, 11) is 0. The number of likely N-dealkylation sites (tertiary alicyclic amines) is 1. The molecule has 0 spiro atoms. The number of anilines is 2. The molecule has 1 aliphatic carbocycles. The van der Waals surface area contributed by atoms with E-state index in [0.717, 1.165) is 12.0 Å². The van der Waals surface area contributed by atoms with Crippen LogP contribution in [0.1, 0.15) is 52.2 Å². The molecule has 3 heterocycles. The number of carbonyl (C=O) groups is 2. The number of halogens is 1. The van der Waals surface area contributed by atoms with Crippen LogP contribution in [0.15, 0.2) is 49.3 Å². The molecule has 1 saturated heterocycles. The van der Waals surface area contributed by atoms with E-state index in [1.54, 1.807) is 4.90 Å². The number of benzene rings is 2. The van der Waals surface area contributed by atoms with Crippen LogP contribution in [0, 0.1) is 5.82 Å². The Hall–Kier alpha value is -4.31. The first-order chi connectivity index (χ1) is 19.4. The van der Waals surface area contributed by atoms with E-state index in [4.69, 9.17) is 10.5 Å². The second-order valence-corrected chi connectivity index (χ2v) is 10.4. The van der Waals surface area contributed by atoms with E-state index < -0.39 is 12.4 Å². The molecule has 2 aliphatic heterocycles. The van der Waals surface area contributed by atoms with Crippen LogP contribution in [0.25, 0.3) is 11.3 Å². The van der Waals surface area contributed by atoms with Gasteiger partial charge >= 0.3 is 0 Å². The maximum absolute atomic E-state index is 15.2. The number of nitrogens with zero attached hydrogens (tertiary/aromatic N) is 4. The number of hydrogen-bond acceptors (Lipinski definition) is 7. The summed E-state index contributed by atoms with van der Waals surface area (Å²) in [4.78, 5) is 37.1. The van der Waals surface area contributed by atoms with Gasteiger partial charge in [-0.15, -0.1) is 0 Å². The summed E-state index contributed by atoms with van der Waals surface area (Å²) in [6, 6.07) is 8.30. The molecule has 1 saturated carbocycles. The third-order valence-corrected chi connectivity index (χ3v) is 8.01. The zero-order chi connectivity index (χ0) is 28.0. The number of ether oxygens (including phenoxy) is 1. The van der Waals surface area contributed by atoms with Crippen LogP contribution in [0.3, 0.4) is 0 Å².